The molecule has 0 amide bonds. The van der Waals surface area contributed by atoms with Gasteiger partial charge in [-0.15, -0.1) is 11.3 Å². The highest BCUT2D eigenvalue weighted by atomic mass is 32.1. The number of hydrogen-bond donors (Lipinski definition) is 1. The van der Waals surface area contributed by atoms with Crippen molar-refractivity contribution in [2.24, 2.45) is 0 Å². The molecule has 2 aromatic heterocycles. The number of pyridine rings is 1. The highest BCUT2D eigenvalue weighted by molar-refractivity contribution is 7.13. The Labute approximate surface area is 83.9 Å². The van der Waals surface area contributed by atoms with Gasteiger partial charge in [0.2, 0.25) is 0 Å². The van der Waals surface area contributed by atoms with E-state index >= 15 is 0 Å². The minimum atomic E-state index is -0.976. The van der Waals surface area contributed by atoms with Crippen LogP contribution in [0, 0.1) is 0 Å². The number of rotatable bonds is 2. The van der Waals surface area contributed by atoms with Gasteiger partial charge in [-0.05, 0) is 6.07 Å². The molecular weight excluding hydrogens is 200 g/mol. The molecule has 14 heavy (non-hydrogen) atoms. The van der Waals surface area contributed by atoms with Crippen molar-refractivity contribution in [2.75, 3.05) is 0 Å². The van der Waals surface area contributed by atoms with E-state index in [1.165, 1.54) is 17.5 Å². The molecule has 70 valence electrons. The maximum absolute atomic E-state index is 10.7. The van der Waals surface area contributed by atoms with E-state index in [4.69, 9.17) is 5.11 Å². The molecule has 0 aliphatic heterocycles. The van der Waals surface area contributed by atoms with Gasteiger partial charge in [0.15, 0.2) is 0 Å². The molecule has 0 aromatic carbocycles. The van der Waals surface area contributed by atoms with Gasteiger partial charge >= 0.3 is 5.97 Å². The van der Waals surface area contributed by atoms with E-state index in [1.807, 2.05) is 5.38 Å². The van der Waals surface area contributed by atoms with Crippen LogP contribution in [0.4, 0.5) is 0 Å². The summed E-state index contributed by atoms with van der Waals surface area (Å²) < 4.78 is 0. The molecule has 0 aliphatic rings. The summed E-state index contributed by atoms with van der Waals surface area (Å²) in [5, 5.41) is 11.4. The van der Waals surface area contributed by atoms with E-state index in [-0.39, 0.29) is 5.56 Å². The Morgan fingerprint density at radius 3 is 2.93 bits per heavy atom. The summed E-state index contributed by atoms with van der Waals surface area (Å²) in [4.78, 5) is 18.6. The Hall–Kier alpha value is -1.75. The predicted molar refractivity (Wildman–Crippen MR) is 52.3 cm³/mol. The maximum Gasteiger partial charge on any atom is 0.337 e. The van der Waals surface area contributed by atoms with Crippen LogP contribution in [0.25, 0.3) is 10.6 Å². The van der Waals surface area contributed by atoms with Crippen LogP contribution in [0.15, 0.2) is 30.0 Å². The van der Waals surface area contributed by atoms with Crippen LogP contribution < -0.4 is 0 Å². The molecule has 0 bridgehead atoms. The first-order valence-electron chi connectivity index (χ1n) is 3.85. The Morgan fingerprint density at radius 1 is 1.43 bits per heavy atom. The summed E-state index contributed by atoms with van der Waals surface area (Å²) >= 11 is 1.45. The van der Waals surface area contributed by atoms with Gasteiger partial charge < -0.3 is 5.11 Å². The van der Waals surface area contributed by atoms with E-state index < -0.39 is 5.97 Å². The number of aromatic nitrogens is 2. The third-order valence-electron chi connectivity index (χ3n) is 1.66. The third-order valence-corrected chi connectivity index (χ3v) is 2.49. The Balaban J connectivity index is 2.46. The summed E-state index contributed by atoms with van der Waals surface area (Å²) in [5.41, 5.74) is 0.914. The van der Waals surface area contributed by atoms with Crippen LogP contribution >= 0.6 is 11.3 Å². The van der Waals surface area contributed by atoms with Gasteiger partial charge in [0, 0.05) is 29.5 Å². The summed E-state index contributed by atoms with van der Waals surface area (Å²) in [6, 6.07) is 1.56. The second-order valence-electron chi connectivity index (χ2n) is 2.60. The molecule has 0 atom stereocenters. The topological polar surface area (TPSA) is 63.1 Å². The van der Waals surface area contributed by atoms with E-state index in [0.29, 0.717) is 0 Å². The molecule has 0 fully saturated rings. The monoisotopic (exact) mass is 206 g/mol. The standard InChI is InChI=1S/C9H6N2O2S/c12-9(13)7-3-6(4-10-5-7)8-11-1-2-14-8/h1-5H,(H,12,13). The van der Waals surface area contributed by atoms with Crippen molar-refractivity contribution in [3.8, 4) is 10.6 Å². The lowest BCUT2D eigenvalue weighted by atomic mass is 10.2. The second kappa shape index (κ2) is 3.55. The minimum Gasteiger partial charge on any atom is -0.478 e. The number of carboxylic acids is 1. The lowest BCUT2D eigenvalue weighted by Gasteiger charge is -1.96. The van der Waals surface area contributed by atoms with Crippen LogP contribution in [0.5, 0.6) is 0 Å². The van der Waals surface area contributed by atoms with Gasteiger partial charge in [-0.1, -0.05) is 0 Å². The first-order chi connectivity index (χ1) is 6.77. The highest BCUT2D eigenvalue weighted by Gasteiger charge is 2.06. The van der Waals surface area contributed by atoms with Crippen LogP contribution in [0.1, 0.15) is 10.4 Å². The number of carboxylic acid groups (broad SMARTS) is 1. The van der Waals surface area contributed by atoms with Gasteiger partial charge in [-0.25, -0.2) is 9.78 Å². The number of thiazole rings is 1. The first-order valence-corrected chi connectivity index (χ1v) is 4.73. The molecule has 0 saturated carbocycles. The molecule has 0 radical (unpaired) electrons. The average Bonchev–Trinajstić information content (AvgIpc) is 2.71. The van der Waals surface area contributed by atoms with Gasteiger partial charge in [0.1, 0.15) is 5.01 Å². The van der Waals surface area contributed by atoms with Crippen LogP contribution in [-0.2, 0) is 0 Å². The summed E-state index contributed by atoms with van der Waals surface area (Å²) in [6.07, 6.45) is 4.60. The fourth-order valence-corrected chi connectivity index (χ4v) is 1.66. The SMILES string of the molecule is O=C(O)c1cncc(-c2nccs2)c1. The lowest BCUT2D eigenvalue weighted by Crippen LogP contribution is -1.96. The van der Waals surface area contributed by atoms with Crippen LogP contribution in [-0.4, -0.2) is 21.0 Å². The molecule has 5 heteroatoms. The predicted octanol–water partition coefficient (Wildman–Crippen LogP) is 1.90. The number of hydrogen-bond acceptors (Lipinski definition) is 4. The molecule has 2 rings (SSSR count). The molecule has 0 unspecified atom stereocenters. The zero-order chi connectivity index (χ0) is 9.97. The van der Waals surface area contributed by atoms with E-state index in [1.54, 1.807) is 18.5 Å². The molecule has 1 N–H and O–H groups in total. The second-order valence-corrected chi connectivity index (χ2v) is 3.50. The maximum atomic E-state index is 10.7. The van der Waals surface area contributed by atoms with Crippen molar-refractivity contribution < 1.29 is 9.90 Å². The fraction of sp³-hybridized carbons (Fsp3) is 0. The van der Waals surface area contributed by atoms with Crippen molar-refractivity contribution >= 4 is 17.3 Å². The number of nitrogens with zero attached hydrogens (tertiary/aromatic N) is 2. The van der Waals surface area contributed by atoms with Crippen molar-refractivity contribution in [3.63, 3.8) is 0 Å². The Bertz CT molecular complexity index is 454. The van der Waals surface area contributed by atoms with Gasteiger partial charge in [0.05, 0.1) is 5.56 Å². The van der Waals surface area contributed by atoms with Crippen molar-refractivity contribution in [3.05, 3.63) is 35.6 Å². The van der Waals surface area contributed by atoms with Crippen LogP contribution in [0.3, 0.4) is 0 Å². The Morgan fingerprint density at radius 2 is 2.29 bits per heavy atom. The molecule has 0 aliphatic carbocycles. The van der Waals surface area contributed by atoms with E-state index in [0.717, 1.165) is 10.6 Å². The van der Waals surface area contributed by atoms with Gasteiger partial charge in [-0.2, -0.15) is 0 Å². The van der Waals surface area contributed by atoms with Crippen molar-refractivity contribution in [2.45, 2.75) is 0 Å². The normalized spacial score (nSPS) is 10.0. The Kier molecular flexibility index (Phi) is 2.24. The molecule has 4 nitrogen and oxygen atoms in total. The highest BCUT2D eigenvalue weighted by Crippen LogP contribution is 2.21. The lowest BCUT2D eigenvalue weighted by molar-refractivity contribution is 0.0696. The summed E-state index contributed by atoms with van der Waals surface area (Å²) in [6.45, 7) is 0. The fourth-order valence-electron chi connectivity index (χ4n) is 1.04. The first kappa shape index (κ1) is 8.83. The van der Waals surface area contributed by atoms with Crippen molar-refractivity contribution in [1.82, 2.24) is 9.97 Å². The quantitative estimate of drug-likeness (QED) is 0.815. The largest absolute Gasteiger partial charge is 0.478 e. The van der Waals surface area contributed by atoms with Crippen LogP contribution in [0.2, 0.25) is 0 Å². The van der Waals surface area contributed by atoms with Crippen molar-refractivity contribution in [1.29, 1.82) is 0 Å². The third kappa shape index (κ3) is 1.62. The molecule has 2 heterocycles. The molecular formula is C9H6N2O2S. The van der Waals surface area contributed by atoms with E-state index in [9.17, 15) is 4.79 Å². The smallest absolute Gasteiger partial charge is 0.337 e. The zero-order valence-corrected chi connectivity index (χ0v) is 7.86. The molecule has 2 aromatic rings. The average molecular weight is 206 g/mol. The summed E-state index contributed by atoms with van der Waals surface area (Å²) in [5.74, 6) is -0.976. The zero-order valence-electron chi connectivity index (χ0n) is 7.04. The van der Waals surface area contributed by atoms with Gasteiger partial charge in [0.25, 0.3) is 0 Å². The number of aromatic carboxylic acids is 1. The number of carbonyl (C=O) groups is 1. The molecule has 0 saturated heterocycles. The molecule has 0 spiro atoms. The van der Waals surface area contributed by atoms with Gasteiger partial charge in [-0.3, -0.25) is 4.98 Å². The minimum absolute atomic E-state index is 0.178. The summed E-state index contributed by atoms with van der Waals surface area (Å²) in [7, 11) is 0. The van der Waals surface area contributed by atoms with E-state index in [2.05, 4.69) is 9.97 Å².